The summed E-state index contributed by atoms with van der Waals surface area (Å²) in [7, 11) is 0. The molecule has 0 spiro atoms. The third-order valence-corrected chi connectivity index (χ3v) is 2.07. The highest BCUT2D eigenvalue weighted by Crippen LogP contribution is 2.08. The molecule has 3 nitrogen and oxygen atoms in total. The van der Waals surface area contributed by atoms with Crippen LogP contribution in [-0.4, -0.2) is 18.3 Å². The predicted molar refractivity (Wildman–Crippen MR) is 63.0 cm³/mol. The Balaban J connectivity index is 3.93. The van der Waals surface area contributed by atoms with Gasteiger partial charge in [0.25, 0.3) is 0 Å². The van der Waals surface area contributed by atoms with Gasteiger partial charge in [-0.15, -0.1) is 0 Å². The first-order valence-electron chi connectivity index (χ1n) is 5.43. The zero-order valence-corrected chi connectivity index (χ0v) is 9.50. The predicted octanol–water partition coefficient (Wildman–Crippen LogP) is 2.69. The number of nitrogens with zero attached hydrogens (tertiary/aromatic N) is 2. The Hall–Kier alpha value is -0.830. The quantitative estimate of drug-likeness (QED) is 0.369. The molecule has 14 heavy (non-hydrogen) atoms. The number of hydrazine groups is 1. The standard InChI is InChI=1S/C11H23N3/c1-4-6-8-11(13-3)10-14(12)9-7-5-2/h10H,3-9,12H2,1-2H3/b11-10-. The molecule has 0 saturated heterocycles. The molecule has 0 amide bonds. The summed E-state index contributed by atoms with van der Waals surface area (Å²) in [6, 6.07) is 0. The van der Waals surface area contributed by atoms with Gasteiger partial charge < -0.3 is 5.01 Å². The Morgan fingerprint density at radius 3 is 2.50 bits per heavy atom. The number of rotatable bonds is 8. The largest absolute Gasteiger partial charge is 0.316 e. The van der Waals surface area contributed by atoms with E-state index in [2.05, 4.69) is 25.6 Å². The molecule has 0 aliphatic rings. The summed E-state index contributed by atoms with van der Waals surface area (Å²) in [6.07, 6.45) is 7.47. The van der Waals surface area contributed by atoms with Crippen molar-refractivity contribution >= 4 is 6.72 Å². The van der Waals surface area contributed by atoms with Crippen LogP contribution in [0.25, 0.3) is 0 Å². The molecular formula is C11H23N3. The summed E-state index contributed by atoms with van der Waals surface area (Å²) in [5.74, 6) is 5.78. The van der Waals surface area contributed by atoms with E-state index in [1.165, 1.54) is 6.42 Å². The third-order valence-electron chi connectivity index (χ3n) is 2.07. The zero-order valence-electron chi connectivity index (χ0n) is 9.50. The molecule has 0 saturated carbocycles. The van der Waals surface area contributed by atoms with E-state index in [1.807, 2.05) is 6.20 Å². The van der Waals surface area contributed by atoms with E-state index in [1.54, 1.807) is 5.01 Å². The average Bonchev–Trinajstić information content (AvgIpc) is 2.21. The van der Waals surface area contributed by atoms with Crippen LogP contribution in [0.2, 0.25) is 0 Å². The lowest BCUT2D eigenvalue weighted by atomic mass is 10.2. The first-order chi connectivity index (χ1) is 6.74. The maximum Gasteiger partial charge on any atom is 0.0569 e. The molecule has 0 bridgehead atoms. The van der Waals surface area contributed by atoms with Gasteiger partial charge in [0.1, 0.15) is 0 Å². The van der Waals surface area contributed by atoms with Crippen molar-refractivity contribution in [3.05, 3.63) is 11.9 Å². The molecule has 0 aliphatic carbocycles. The molecule has 3 heteroatoms. The van der Waals surface area contributed by atoms with E-state index in [0.717, 1.165) is 37.9 Å². The van der Waals surface area contributed by atoms with Crippen molar-refractivity contribution in [2.45, 2.75) is 46.0 Å². The summed E-state index contributed by atoms with van der Waals surface area (Å²) < 4.78 is 0. The van der Waals surface area contributed by atoms with Crippen molar-refractivity contribution in [3.8, 4) is 0 Å². The second kappa shape index (κ2) is 8.75. The monoisotopic (exact) mass is 197 g/mol. The van der Waals surface area contributed by atoms with Crippen molar-refractivity contribution in [2.24, 2.45) is 10.8 Å². The highest BCUT2D eigenvalue weighted by atomic mass is 15.4. The van der Waals surface area contributed by atoms with Gasteiger partial charge in [0.15, 0.2) is 0 Å². The summed E-state index contributed by atoms with van der Waals surface area (Å²) in [5.41, 5.74) is 0.991. The van der Waals surface area contributed by atoms with Gasteiger partial charge in [-0.25, -0.2) is 5.84 Å². The van der Waals surface area contributed by atoms with Gasteiger partial charge in [-0.05, 0) is 26.0 Å². The molecule has 0 aromatic carbocycles. The molecule has 0 fully saturated rings. The van der Waals surface area contributed by atoms with E-state index in [0.29, 0.717) is 0 Å². The highest BCUT2D eigenvalue weighted by Gasteiger charge is 1.96. The second-order valence-corrected chi connectivity index (χ2v) is 3.47. The summed E-state index contributed by atoms with van der Waals surface area (Å²) in [6.45, 7) is 8.76. The normalized spacial score (nSPS) is 11.5. The van der Waals surface area contributed by atoms with Gasteiger partial charge in [0, 0.05) is 12.7 Å². The first kappa shape index (κ1) is 13.2. The smallest absolute Gasteiger partial charge is 0.0569 e. The van der Waals surface area contributed by atoms with Crippen LogP contribution in [0.4, 0.5) is 0 Å². The molecule has 0 radical (unpaired) electrons. The fourth-order valence-electron chi connectivity index (χ4n) is 1.14. The van der Waals surface area contributed by atoms with Crippen LogP contribution < -0.4 is 5.84 Å². The number of hydrogen-bond donors (Lipinski definition) is 1. The molecule has 0 heterocycles. The second-order valence-electron chi connectivity index (χ2n) is 3.47. The van der Waals surface area contributed by atoms with Gasteiger partial charge in [-0.2, -0.15) is 0 Å². The summed E-state index contributed by atoms with van der Waals surface area (Å²) >= 11 is 0. The molecular weight excluding hydrogens is 174 g/mol. The number of aliphatic imine (C=N–C) groups is 1. The summed E-state index contributed by atoms with van der Waals surface area (Å²) in [4.78, 5) is 3.96. The summed E-state index contributed by atoms with van der Waals surface area (Å²) in [5, 5.41) is 1.71. The van der Waals surface area contributed by atoms with Crippen LogP contribution in [0.1, 0.15) is 46.0 Å². The first-order valence-corrected chi connectivity index (χ1v) is 5.43. The van der Waals surface area contributed by atoms with E-state index < -0.39 is 0 Å². The minimum atomic E-state index is 0.891. The minimum absolute atomic E-state index is 0.891. The zero-order chi connectivity index (χ0) is 10.8. The van der Waals surface area contributed by atoms with Gasteiger partial charge in [-0.1, -0.05) is 26.7 Å². The van der Waals surface area contributed by atoms with E-state index >= 15 is 0 Å². The van der Waals surface area contributed by atoms with Crippen LogP contribution in [0.15, 0.2) is 16.9 Å². The maximum atomic E-state index is 5.78. The van der Waals surface area contributed by atoms with Gasteiger partial charge in [0.05, 0.1) is 5.70 Å². The molecule has 0 unspecified atom stereocenters. The number of nitrogens with two attached hydrogens (primary N) is 1. The van der Waals surface area contributed by atoms with Crippen LogP contribution in [0.5, 0.6) is 0 Å². The average molecular weight is 197 g/mol. The highest BCUT2D eigenvalue weighted by molar-refractivity contribution is 5.28. The van der Waals surface area contributed by atoms with Crippen molar-refractivity contribution in [2.75, 3.05) is 6.54 Å². The van der Waals surface area contributed by atoms with E-state index in [4.69, 9.17) is 5.84 Å². The topological polar surface area (TPSA) is 41.6 Å². The molecule has 2 N–H and O–H groups in total. The lowest BCUT2D eigenvalue weighted by Gasteiger charge is -2.14. The number of hydrogen-bond acceptors (Lipinski definition) is 3. The molecule has 0 rings (SSSR count). The Morgan fingerprint density at radius 2 is 2.00 bits per heavy atom. The fraction of sp³-hybridized carbons (Fsp3) is 0.727. The minimum Gasteiger partial charge on any atom is -0.316 e. The molecule has 0 aromatic heterocycles. The Bertz CT molecular complexity index is 175. The molecule has 0 aromatic rings. The van der Waals surface area contributed by atoms with Crippen LogP contribution >= 0.6 is 0 Å². The lowest BCUT2D eigenvalue weighted by molar-refractivity contribution is 0.379. The lowest BCUT2D eigenvalue weighted by Crippen LogP contribution is -2.26. The number of unbranched alkanes of at least 4 members (excludes halogenated alkanes) is 2. The van der Waals surface area contributed by atoms with Gasteiger partial charge in [0.2, 0.25) is 0 Å². The van der Waals surface area contributed by atoms with Crippen molar-refractivity contribution in [3.63, 3.8) is 0 Å². The van der Waals surface area contributed by atoms with Gasteiger partial charge >= 0.3 is 0 Å². The van der Waals surface area contributed by atoms with E-state index in [9.17, 15) is 0 Å². The van der Waals surface area contributed by atoms with Crippen LogP contribution in [-0.2, 0) is 0 Å². The van der Waals surface area contributed by atoms with Crippen molar-refractivity contribution in [1.82, 2.24) is 5.01 Å². The van der Waals surface area contributed by atoms with E-state index in [-0.39, 0.29) is 0 Å². The Labute approximate surface area is 87.7 Å². The molecule has 82 valence electrons. The third kappa shape index (κ3) is 6.66. The number of allylic oxidation sites excluding steroid dienone is 1. The van der Waals surface area contributed by atoms with Crippen molar-refractivity contribution < 1.29 is 0 Å². The molecule has 0 aliphatic heterocycles. The molecule has 0 atom stereocenters. The van der Waals surface area contributed by atoms with Crippen LogP contribution in [0, 0.1) is 0 Å². The Kier molecular flexibility index (Phi) is 8.24. The van der Waals surface area contributed by atoms with Crippen LogP contribution in [0.3, 0.4) is 0 Å². The SMILES string of the molecule is C=N/C(=C\N(N)CCCC)CCCC. The Morgan fingerprint density at radius 1 is 1.36 bits per heavy atom. The van der Waals surface area contributed by atoms with Crippen molar-refractivity contribution in [1.29, 1.82) is 0 Å². The fourth-order valence-corrected chi connectivity index (χ4v) is 1.14. The maximum absolute atomic E-state index is 5.78. The van der Waals surface area contributed by atoms with Gasteiger partial charge in [-0.3, -0.25) is 4.99 Å².